The van der Waals surface area contributed by atoms with E-state index in [0.717, 1.165) is 37.3 Å². The van der Waals surface area contributed by atoms with E-state index in [0.29, 0.717) is 6.54 Å². The number of para-hydroxylation sites is 1. The summed E-state index contributed by atoms with van der Waals surface area (Å²) in [7, 11) is 0. The minimum atomic E-state index is -0.174. The van der Waals surface area contributed by atoms with Crippen molar-refractivity contribution >= 4 is 6.03 Å². The Morgan fingerprint density at radius 2 is 2.21 bits per heavy atom. The summed E-state index contributed by atoms with van der Waals surface area (Å²) < 4.78 is 7.47. The molecule has 1 aromatic carbocycles. The second-order valence-corrected chi connectivity index (χ2v) is 5.98. The fourth-order valence-electron chi connectivity index (χ4n) is 2.95. The normalized spacial score (nSPS) is 18.3. The van der Waals surface area contributed by atoms with Crippen molar-refractivity contribution in [3.63, 3.8) is 0 Å². The number of benzene rings is 1. The third kappa shape index (κ3) is 4.14. The van der Waals surface area contributed by atoms with Gasteiger partial charge in [0.2, 0.25) is 0 Å². The van der Waals surface area contributed by atoms with Gasteiger partial charge in [-0.3, -0.25) is 0 Å². The number of nitrogens with zero attached hydrogens (tertiary/aromatic N) is 2. The largest absolute Gasteiger partial charge is 0.376 e. The van der Waals surface area contributed by atoms with Crippen LogP contribution in [0.5, 0.6) is 0 Å². The van der Waals surface area contributed by atoms with Gasteiger partial charge >= 0.3 is 6.03 Å². The minimum Gasteiger partial charge on any atom is -0.376 e. The monoisotopic (exact) mass is 328 g/mol. The number of nitrogens with one attached hydrogen (secondary N) is 2. The number of carbonyl (C=O) groups excluding carboxylic acids is 1. The van der Waals surface area contributed by atoms with Crippen LogP contribution >= 0.6 is 0 Å². The fraction of sp³-hybridized carbons (Fsp3) is 0.444. The van der Waals surface area contributed by atoms with E-state index in [2.05, 4.69) is 22.7 Å². The van der Waals surface area contributed by atoms with Crippen LogP contribution in [0.2, 0.25) is 0 Å². The zero-order valence-electron chi connectivity index (χ0n) is 13.9. The predicted molar refractivity (Wildman–Crippen MR) is 92.0 cm³/mol. The van der Waals surface area contributed by atoms with Crippen molar-refractivity contribution in [1.29, 1.82) is 0 Å². The summed E-state index contributed by atoms with van der Waals surface area (Å²) in [5.74, 6) is 0. The molecule has 1 aliphatic heterocycles. The van der Waals surface area contributed by atoms with Crippen molar-refractivity contribution in [3.8, 4) is 5.69 Å². The third-order valence-corrected chi connectivity index (χ3v) is 4.27. The summed E-state index contributed by atoms with van der Waals surface area (Å²) in [6.07, 6.45) is 4.98. The fourth-order valence-corrected chi connectivity index (χ4v) is 2.95. The first kappa shape index (κ1) is 16.5. The number of urea groups is 1. The van der Waals surface area contributed by atoms with E-state index < -0.39 is 0 Å². The topological polar surface area (TPSA) is 68.2 Å². The summed E-state index contributed by atoms with van der Waals surface area (Å²) in [5, 5.41) is 10.4. The lowest BCUT2D eigenvalue weighted by Crippen LogP contribution is -2.47. The van der Waals surface area contributed by atoms with Crippen molar-refractivity contribution in [3.05, 3.63) is 48.3 Å². The Morgan fingerprint density at radius 1 is 1.38 bits per heavy atom. The molecule has 2 N–H and O–H groups in total. The van der Waals surface area contributed by atoms with Gasteiger partial charge in [-0.2, -0.15) is 5.10 Å². The molecule has 1 aliphatic rings. The Morgan fingerprint density at radius 3 is 2.92 bits per heavy atom. The lowest BCUT2D eigenvalue weighted by Gasteiger charge is -2.22. The number of amides is 2. The maximum atomic E-state index is 12.1. The third-order valence-electron chi connectivity index (χ3n) is 4.27. The first-order valence-electron chi connectivity index (χ1n) is 8.52. The lowest BCUT2D eigenvalue weighted by atomic mass is 10.1. The maximum Gasteiger partial charge on any atom is 0.315 e. The SMILES string of the molecule is CC[C@@H](NC(=O)NCc1ccn(-c2ccccc2)n1)[C@@H]1CCCO1. The van der Waals surface area contributed by atoms with Crippen LogP contribution in [0, 0.1) is 0 Å². The van der Waals surface area contributed by atoms with Crippen LogP contribution in [0.4, 0.5) is 4.79 Å². The van der Waals surface area contributed by atoms with E-state index in [-0.39, 0.29) is 18.2 Å². The van der Waals surface area contributed by atoms with Crippen LogP contribution in [0.3, 0.4) is 0 Å². The van der Waals surface area contributed by atoms with E-state index >= 15 is 0 Å². The van der Waals surface area contributed by atoms with Crippen LogP contribution in [-0.4, -0.2) is 34.6 Å². The first-order chi connectivity index (χ1) is 11.8. The average molecular weight is 328 g/mol. The highest BCUT2D eigenvalue weighted by Gasteiger charge is 2.25. The van der Waals surface area contributed by atoms with Gasteiger partial charge in [-0.05, 0) is 37.5 Å². The molecule has 6 nitrogen and oxygen atoms in total. The van der Waals surface area contributed by atoms with Gasteiger partial charge in [0.15, 0.2) is 0 Å². The van der Waals surface area contributed by atoms with Crippen molar-refractivity contribution in [1.82, 2.24) is 20.4 Å². The Kier molecular flexibility index (Phi) is 5.48. The van der Waals surface area contributed by atoms with Gasteiger partial charge in [-0.25, -0.2) is 9.48 Å². The molecule has 1 fully saturated rings. The van der Waals surface area contributed by atoms with Gasteiger partial charge in [0, 0.05) is 12.8 Å². The van der Waals surface area contributed by atoms with E-state index in [1.165, 1.54) is 0 Å². The standard InChI is InChI=1S/C18H24N4O2/c1-2-16(17-9-6-12-24-17)20-18(23)19-13-14-10-11-22(21-14)15-7-4-3-5-8-15/h3-5,7-8,10-11,16-17H,2,6,9,12-13H2,1H3,(H2,19,20,23)/t16-,17+/m1/s1. The van der Waals surface area contributed by atoms with Crippen LogP contribution in [0.1, 0.15) is 31.9 Å². The van der Waals surface area contributed by atoms with Crippen LogP contribution in [0.25, 0.3) is 5.69 Å². The van der Waals surface area contributed by atoms with Gasteiger partial charge in [0.25, 0.3) is 0 Å². The second-order valence-electron chi connectivity index (χ2n) is 5.98. The number of ether oxygens (including phenoxy) is 1. The molecule has 0 saturated carbocycles. The van der Waals surface area contributed by atoms with Gasteiger partial charge in [0.1, 0.15) is 0 Å². The summed E-state index contributed by atoms with van der Waals surface area (Å²) in [4.78, 5) is 12.1. The predicted octanol–water partition coefficient (Wildman–Crippen LogP) is 2.63. The van der Waals surface area contributed by atoms with Crippen LogP contribution in [0.15, 0.2) is 42.6 Å². The number of hydrogen-bond donors (Lipinski definition) is 2. The molecule has 0 radical (unpaired) electrons. The average Bonchev–Trinajstić information content (AvgIpc) is 3.30. The molecule has 0 spiro atoms. The Hall–Kier alpha value is -2.34. The molecule has 0 bridgehead atoms. The molecule has 6 heteroatoms. The van der Waals surface area contributed by atoms with E-state index in [4.69, 9.17) is 4.74 Å². The molecule has 1 aromatic heterocycles. The van der Waals surface area contributed by atoms with E-state index in [1.54, 1.807) is 4.68 Å². The maximum absolute atomic E-state index is 12.1. The highest BCUT2D eigenvalue weighted by atomic mass is 16.5. The lowest BCUT2D eigenvalue weighted by molar-refractivity contribution is 0.0796. The summed E-state index contributed by atoms with van der Waals surface area (Å²) in [6, 6.07) is 11.7. The zero-order chi connectivity index (χ0) is 16.8. The molecular weight excluding hydrogens is 304 g/mol. The highest BCUT2D eigenvalue weighted by Crippen LogP contribution is 2.17. The highest BCUT2D eigenvalue weighted by molar-refractivity contribution is 5.74. The Bertz CT molecular complexity index is 650. The van der Waals surface area contributed by atoms with Gasteiger partial charge < -0.3 is 15.4 Å². The molecule has 24 heavy (non-hydrogen) atoms. The quantitative estimate of drug-likeness (QED) is 0.856. The van der Waals surface area contributed by atoms with Crippen LogP contribution in [-0.2, 0) is 11.3 Å². The molecule has 128 valence electrons. The first-order valence-corrected chi connectivity index (χ1v) is 8.52. The van der Waals surface area contributed by atoms with Crippen molar-refractivity contribution in [2.75, 3.05) is 6.61 Å². The molecule has 3 rings (SSSR count). The van der Waals surface area contributed by atoms with E-state index in [1.807, 2.05) is 42.6 Å². The molecule has 2 heterocycles. The van der Waals surface area contributed by atoms with Crippen molar-refractivity contribution in [2.24, 2.45) is 0 Å². The molecular formula is C18H24N4O2. The van der Waals surface area contributed by atoms with E-state index in [9.17, 15) is 4.79 Å². The van der Waals surface area contributed by atoms with Crippen molar-refractivity contribution < 1.29 is 9.53 Å². The Balaban J connectivity index is 1.50. The number of rotatable bonds is 6. The number of carbonyl (C=O) groups is 1. The molecule has 0 aliphatic carbocycles. The van der Waals surface area contributed by atoms with Gasteiger partial charge in [0.05, 0.1) is 30.1 Å². The van der Waals surface area contributed by atoms with Gasteiger partial charge in [-0.1, -0.05) is 25.1 Å². The number of hydrogen-bond acceptors (Lipinski definition) is 3. The minimum absolute atomic E-state index is 0.0642. The molecule has 2 atom stereocenters. The molecule has 2 aromatic rings. The van der Waals surface area contributed by atoms with Crippen LogP contribution < -0.4 is 10.6 Å². The number of aromatic nitrogens is 2. The molecule has 2 amide bonds. The van der Waals surface area contributed by atoms with Gasteiger partial charge in [-0.15, -0.1) is 0 Å². The summed E-state index contributed by atoms with van der Waals surface area (Å²) in [6.45, 7) is 3.25. The summed E-state index contributed by atoms with van der Waals surface area (Å²) >= 11 is 0. The molecule has 1 saturated heterocycles. The smallest absolute Gasteiger partial charge is 0.315 e. The van der Waals surface area contributed by atoms with Crippen molar-refractivity contribution in [2.45, 2.75) is 44.9 Å². The second kappa shape index (κ2) is 7.97. The summed E-state index contributed by atoms with van der Waals surface area (Å²) in [5.41, 5.74) is 1.82. The Labute approximate surface area is 142 Å². The molecule has 0 unspecified atom stereocenters. The zero-order valence-corrected chi connectivity index (χ0v) is 13.9.